The quantitative estimate of drug-likeness (QED) is 0.680. The number of aromatic nitrogens is 2. The first-order chi connectivity index (χ1) is 5.81. The first-order valence-electron chi connectivity index (χ1n) is 3.93. The number of rotatable bonds is 1. The van der Waals surface area contributed by atoms with E-state index in [-0.39, 0.29) is 0 Å². The van der Waals surface area contributed by atoms with E-state index in [1.54, 1.807) is 0 Å². The summed E-state index contributed by atoms with van der Waals surface area (Å²) in [6.45, 7) is 2.58. The minimum Gasteiger partial charge on any atom is -0.326 e. The van der Waals surface area contributed by atoms with E-state index >= 15 is 0 Å². The van der Waals surface area contributed by atoms with Gasteiger partial charge in [0.2, 0.25) is 0 Å². The van der Waals surface area contributed by atoms with Gasteiger partial charge in [-0.15, -0.1) is 0 Å². The number of hydrogen-bond donors (Lipinski definition) is 1. The van der Waals surface area contributed by atoms with Crippen LogP contribution in [0.2, 0.25) is 0 Å². The van der Waals surface area contributed by atoms with Crippen LogP contribution in [0.25, 0.3) is 5.52 Å². The van der Waals surface area contributed by atoms with Crippen molar-refractivity contribution in [1.29, 1.82) is 0 Å². The fourth-order valence-electron chi connectivity index (χ4n) is 1.29. The topological polar surface area (TPSA) is 43.3 Å². The summed E-state index contributed by atoms with van der Waals surface area (Å²) in [5.41, 5.74) is 8.86. The SMILES string of the molecule is Cc1ncn2ccc(CN)cc12. The van der Waals surface area contributed by atoms with Crippen molar-refractivity contribution in [2.45, 2.75) is 13.5 Å². The van der Waals surface area contributed by atoms with Gasteiger partial charge in [-0.1, -0.05) is 0 Å². The number of nitrogens with zero attached hydrogens (tertiary/aromatic N) is 2. The van der Waals surface area contributed by atoms with Crippen LogP contribution >= 0.6 is 0 Å². The summed E-state index contributed by atoms with van der Waals surface area (Å²) in [6.07, 6.45) is 3.79. The lowest BCUT2D eigenvalue weighted by Gasteiger charge is -1.98. The van der Waals surface area contributed by atoms with E-state index in [4.69, 9.17) is 5.73 Å². The molecule has 0 spiro atoms. The maximum atomic E-state index is 5.53. The van der Waals surface area contributed by atoms with Gasteiger partial charge in [0.1, 0.15) is 0 Å². The standard InChI is InChI=1S/C9H11N3/c1-7-9-4-8(5-10)2-3-12(9)6-11-7/h2-4,6H,5,10H2,1H3. The molecule has 3 nitrogen and oxygen atoms in total. The summed E-state index contributed by atoms with van der Waals surface area (Å²) in [5, 5.41) is 0. The average Bonchev–Trinajstić information content (AvgIpc) is 2.47. The molecule has 0 fully saturated rings. The second kappa shape index (κ2) is 2.60. The predicted octanol–water partition coefficient (Wildman–Crippen LogP) is 1.10. The summed E-state index contributed by atoms with van der Waals surface area (Å²) in [6, 6.07) is 4.08. The monoisotopic (exact) mass is 161 g/mol. The summed E-state index contributed by atoms with van der Waals surface area (Å²) in [4.78, 5) is 4.19. The van der Waals surface area contributed by atoms with Crippen LogP contribution in [0.4, 0.5) is 0 Å². The first-order valence-corrected chi connectivity index (χ1v) is 3.93. The molecule has 0 aliphatic rings. The van der Waals surface area contributed by atoms with Crippen LogP contribution in [-0.4, -0.2) is 9.38 Å². The van der Waals surface area contributed by atoms with E-state index in [0.29, 0.717) is 6.54 Å². The highest BCUT2D eigenvalue weighted by Gasteiger charge is 1.98. The van der Waals surface area contributed by atoms with Crippen molar-refractivity contribution in [3.63, 3.8) is 0 Å². The molecule has 2 rings (SSSR count). The van der Waals surface area contributed by atoms with Crippen LogP contribution in [0.5, 0.6) is 0 Å². The normalized spacial score (nSPS) is 10.8. The van der Waals surface area contributed by atoms with Gasteiger partial charge < -0.3 is 10.1 Å². The summed E-state index contributed by atoms with van der Waals surface area (Å²) in [5.74, 6) is 0. The molecule has 0 bridgehead atoms. The molecular weight excluding hydrogens is 150 g/mol. The molecule has 3 heteroatoms. The fourth-order valence-corrected chi connectivity index (χ4v) is 1.29. The van der Waals surface area contributed by atoms with Gasteiger partial charge in [0.05, 0.1) is 17.5 Å². The zero-order valence-electron chi connectivity index (χ0n) is 6.99. The lowest BCUT2D eigenvalue weighted by Crippen LogP contribution is -1.96. The van der Waals surface area contributed by atoms with E-state index in [1.165, 1.54) is 0 Å². The zero-order chi connectivity index (χ0) is 8.55. The van der Waals surface area contributed by atoms with Crippen LogP contribution < -0.4 is 5.73 Å². The van der Waals surface area contributed by atoms with Gasteiger partial charge in [-0.05, 0) is 24.6 Å². The Hall–Kier alpha value is -1.35. The first kappa shape index (κ1) is 7.31. The van der Waals surface area contributed by atoms with Crippen molar-refractivity contribution in [2.24, 2.45) is 5.73 Å². The Kier molecular flexibility index (Phi) is 1.59. The maximum absolute atomic E-state index is 5.53. The summed E-state index contributed by atoms with van der Waals surface area (Å²) < 4.78 is 1.99. The van der Waals surface area contributed by atoms with Crippen molar-refractivity contribution in [3.05, 3.63) is 35.9 Å². The highest BCUT2D eigenvalue weighted by molar-refractivity contribution is 5.53. The minimum absolute atomic E-state index is 0.584. The van der Waals surface area contributed by atoms with Crippen LogP contribution in [0, 0.1) is 6.92 Å². The molecule has 0 unspecified atom stereocenters. The van der Waals surface area contributed by atoms with E-state index in [9.17, 15) is 0 Å². The second-order valence-electron chi connectivity index (χ2n) is 2.86. The molecule has 62 valence electrons. The van der Waals surface area contributed by atoms with E-state index in [1.807, 2.05) is 29.9 Å². The van der Waals surface area contributed by atoms with Crippen LogP contribution in [-0.2, 0) is 6.54 Å². The molecule has 2 aromatic rings. The molecule has 0 atom stereocenters. The molecule has 0 amide bonds. The van der Waals surface area contributed by atoms with E-state index < -0.39 is 0 Å². The molecule has 0 aromatic carbocycles. The molecular formula is C9H11N3. The molecule has 0 saturated heterocycles. The molecule has 2 heterocycles. The summed E-state index contributed by atoms with van der Waals surface area (Å²) >= 11 is 0. The van der Waals surface area contributed by atoms with Gasteiger partial charge in [-0.2, -0.15) is 0 Å². The molecule has 0 radical (unpaired) electrons. The van der Waals surface area contributed by atoms with Crippen LogP contribution in [0.1, 0.15) is 11.3 Å². The second-order valence-corrected chi connectivity index (χ2v) is 2.86. The van der Waals surface area contributed by atoms with Gasteiger partial charge in [-0.25, -0.2) is 4.98 Å². The van der Waals surface area contributed by atoms with Crippen LogP contribution in [0.3, 0.4) is 0 Å². The van der Waals surface area contributed by atoms with Gasteiger partial charge in [0, 0.05) is 12.7 Å². The molecule has 0 aliphatic carbocycles. The Bertz CT molecular complexity index is 403. The Labute approximate surface area is 70.8 Å². The van der Waals surface area contributed by atoms with E-state index in [0.717, 1.165) is 16.8 Å². The summed E-state index contributed by atoms with van der Waals surface area (Å²) in [7, 11) is 0. The van der Waals surface area contributed by atoms with Crippen molar-refractivity contribution in [3.8, 4) is 0 Å². The Morgan fingerprint density at radius 1 is 1.58 bits per heavy atom. The third-order valence-corrected chi connectivity index (χ3v) is 2.03. The van der Waals surface area contributed by atoms with Crippen molar-refractivity contribution in [2.75, 3.05) is 0 Å². The highest BCUT2D eigenvalue weighted by Crippen LogP contribution is 2.10. The van der Waals surface area contributed by atoms with Crippen LogP contribution in [0.15, 0.2) is 24.7 Å². The average molecular weight is 161 g/mol. The van der Waals surface area contributed by atoms with Gasteiger partial charge in [0.15, 0.2) is 0 Å². The third kappa shape index (κ3) is 0.987. The number of fused-ring (bicyclic) bond motifs is 1. The Morgan fingerprint density at radius 2 is 2.42 bits per heavy atom. The minimum atomic E-state index is 0.584. The Balaban J connectivity index is 2.71. The number of nitrogens with two attached hydrogens (primary N) is 1. The third-order valence-electron chi connectivity index (χ3n) is 2.03. The predicted molar refractivity (Wildman–Crippen MR) is 47.8 cm³/mol. The molecule has 12 heavy (non-hydrogen) atoms. The Morgan fingerprint density at radius 3 is 3.17 bits per heavy atom. The molecule has 0 aliphatic heterocycles. The lowest BCUT2D eigenvalue weighted by molar-refractivity contribution is 1.05. The molecule has 2 N–H and O–H groups in total. The van der Waals surface area contributed by atoms with Gasteiger partial charge in [-0.3, -0.25) is 0 Å². The lowest BCUT2D eigenvalue weighted by atomic mass is 10.2. The number of imidazole rings is 1. The number of pyridine rings is 1. The smallest absolute Gasteiger partial charge is 0.0995 e. The number of aryl methyl sites for hydroxylation is 1. The zero-order valence-corrected chi connectivity index (χ0v) is 6.99. The van der Waals surface area contributed by atoms with Crippen molar-refractivity contribution >= 4 is 5.52 Å². The van der Waals surface area contributed by atoms with Gasteiger partial charge >= 0.3 is 0 Å². The van der Waals surface area contributed by atoms with E-state index in [2.05, 4.69) is 11.1 Å². The van der Waals surface area contributed by atoms with Crippen molar-refractivity contribution < 1.29 is 0 Å². The molecule has 2 aromatic heterocycles. The number of hydrogen-bond acceptors (Lipinski definition) is 2. The largest absolute Gasteiger partial charge is 0.326 e. The van der Waals surface area contributed by atoms with Crippen molar-refractivity contribution in [1.82, 2.24) is 9.38 Å². The highest BCUT2D eigenvalue weighted by atomic mass is 15.0. The maximum Gasteiger partial charge on any atom is 0.0995 e. The fraction of sp³-hybridized carbons (Fsp3) is 0.222. The van der Waals surface area contributed by atoms with Gasteiger partial charge in [0.25, 0.3) is 0 Å². The molecule has 0 saturated carbocycles.